The molecule has 116 valence electrons. The molecule has 2 aromatic rings. The number of aryl methyl sites for hydroxylation is 1. The second-order valence-electron chi connectivity index (χ2n) is 5.66. The molecule has 2 heterocycles. The third-order valence-electron chi connectivity index (χ3n) is 3.93. The van der Waals surface area contributed by atoms with Crippen LogP contribution in [0.2, 0.25) is 0 Å². The van der Waals surface area contributed by atoms with Gasteiger partial charge >= 0.3 is 0 Å². The fraction of sp³-hybridized carbons (Fsp3) is 0.438. The molecule has 1 aliphatic rings. The molecule has 0 bridgehead atoms. The van der Waals surface area contributed by atoms with E-state index in [1.165, 1.54) is 12.1 Å². The lowest BCUT2D eigenvalue weighted by Gasteiger charge is -2.30. The summed E-state index contributed by atoms with van der Waals surface area (Å²) in [6.07, 6.45) is 1.81. The molecule has 6 heteroatoms. The first-order chi connectivity index (χ1) is 10.6. The Morgan fingerprint density at radius 3 is 2.82 bits per heavy atom. The van der Waals surface area contributed by atoms with Crippen molar-refractivity contribution in [1.82, 2.24) is 15.1 Å². The molecule has 5 nitrogen and oxygen atoms in total. The maximum absolute atomic E-state index is 13.0. The molecular weight excluding hydrogens is 285 g/mol. The first-order valence-corrected chi connectivity index (χ1v) is 7.43. The monoisotopic (exact) mass is 303 g/mol. The summed E-state index contributed by atoms with van der Waals surface area (Å²) in [4.78, 5) is 14.7. The zero-order chi connectivity index (χ0) is 15.5. The minimum atomic E-state index is -0.325. The number of hydrogen-bond acceptors (Lipinski definition) is 5. The van der Waals surface area contributed by atoms with Crippen molar-refractivity contribution in [3.05, 3.63) is 47.4 Å². The van der Waals surface area contributed by atoms with Crippen molar-refractivity contribution in [3.63, 3.8) is 0 Å². The number of halogens is 1. The summed E-state index contributed by atoms with van der Waals surface area (Å²) in [5.74, 6) is 0.807. The zero-order valence-electron chi connectivity index (χ0n) is 12.5. The number of hydrogen-bond donors (Lipinski definition) is 0. The molecule has 1 aromatic heterocycles. The van der Waals surface area contributed by atoms with Gasteiger partial charge in [0.05, 0.1) is 6.54 Å². The van der Waals surface area contributed by atoms with Crippen LogP contribution < -0.4 is 0 Å². The molecule has 1 atom stereocenters. The maximum atomic E-state index is 13.0. The molecule has 3 rings (SSSR count). The topological polar surface area (TPSA) is 59.2 Å². The first-order valence-electron chi connectivity index (χ1n) is 7.43. The van der Waals surface area contributed by atoms with Gasteiger partial charge in [-0.1, -0.05) is 0 Å². The Morgan fingerprint density at radius 1 is 1.36 bits per heavy atom. The van der Waals surface area contributed by atoms with Crippen LogP contribution in [0.3, 0.4) is 0 Å². The molecular formula is C16H18FN3O2. The van der Waals surface area contributed by atoms with Gasteiger partial charge in [0.2, 0.25) is 11.8 Å². The highest BCUT2D eigenvalue weighted by molar-refractivity contribution is 5.98. The molecule has 1 aromatic carbocycles. The molecule has 0 N–H and O–H groups in total. The standard InChI is InChI=1S/C16H18FN3O2/c1-11-18-19-15(22-11)10-20-8-2-3-13(9-20)16(21)12-4-6-14(17)7-5-12/h4-7,13H,2-3,8-10H2,1H3/t13-/m1/s1. The predicted molar refractivity (Wildman–Crippen MR) is 77.8 cm³/mol. The second kappa shape index (κ2) is 6.36. The van der Waals surface area contributed by atoms with Gasteiger partial charge < -0.3 is 4.42 Å². The van der Waals surface area contributed by atoms with Gasteiger partial charge in [-0.2, -0.15) is 0 Å². The summed E-state index contributed by atoms with van der Waals surface area (Å²) in [7, 11) is 0. The van der Waals surface area contributed by atoms with E-state index in [1.807, 2.05) is 0 Å². The lowest BCUT2D eigenvalue weighted by Crippen LogP contribution is -2.38. The van der Waals surface area contributed by atoms with Crippen molar-refractivity contribution in [3.8, 4) is 0 Å². The Bertz CT molecular complexity index is 654. The third-order valence-corrected chi connectivity index (χ3v) is 3.93. The average Bonchev–Trinajstić information content (AvgIpc) is 2.93. The van der Waals surface area contributed by atoms with E-state index < -0.39 is 0 Å². The summed E-state index contributed by atoms with van der Waals surface area (Å²) in [6, 6.07) is 5.76. The van der Waals surface area contributed by atoms with Gasteiger partial charge in [0.1, 0.15) is 5.82 Å². The molecule has 1 fully saturated rings. The Hall–Kier alpha value is -2.08. The largest absolute Gasteiger partial charge is 0.424 e. The zero-order valence-corrected chi connectivity index (χ0v) is 12.5. The summed E-state index contributed by atoms with van der Waals surface area (Å²) in [6.45, 7) is 3.90. The molecule has 0 radical (unpaired) electrons. The number of ketones is 1. The number of carbonyl (C=O) groups is 1. The highest BCUT2D eigenvalue weighted by Gasteiger charge is 2.27. The normalized spacial score (nSPS) is 19.3. The quantitative estimate of drug-likeness (QED) is 0.813. The number of Topliss-reactive ketones (excluding diaryl/α,β-unsaturated/α-hetero) is 1. The fourth-order valence-electron chi connectivity index (χ4n) is 2.86. The SMILES string of the molecule is Cc1nnc(CN2CCC[C@@H](C(=O)c3ccc(F)cc3)C2)o1. The first kappa shape index (κ1) is 14.8. The number of aromatic nitrogens is 2. The molecule has 1 saturated heterocycles. The van der Waals surface area contributed by atoms with Crippen LogP contribution in [0, 0.1) is 18.7 Å². The van der Waals surface area contributed by atoms with Crippen LogP contribution in [-0.4, -0.2) is 34.0 Å². The van der Waals surface area contributed by atoms with Gasteiger partial charge in [-0.05, 0) is 43.7 Å². The number of likely N-dealkylation sites (tertiary alicyclic amines) is 1. The summed E-state index contributed by atoms with van der Waals surface area (Å²) < 4.78 is 18.3. The van der Waals surface area contributed by atoms with Crippen molar-refractivity contribution in [2.24, 2.45) is 5.92 Å². The van der Waals surface area contributed by atoms with Crippen LogP contribution in [-0.2, 0) is 6.54 Å². The van der Waals surface area contributed by atoms with Gasteiger partial charge in [0.25, 0.3) is 0 Å². The number of piperidine rings is 1. The summed E-state index contributed by atoms with van der Waals surface area (Å²) in [5.41, 5.74) is 0.571. The van der Waals surface area contributed by atoms with Gasteiger partial charge in [0.15, 0.2) is 5.78 Å². The molecule has 0 unspecified atom stereocenters. The van der Waals surface area contributed by atoms with Crippen molar-refractivity contribution >= 4 is 5.78 Å². The smallest absolute Gasteiger partial charge is 0.230 e. The van der Waals surface area contributed by atoms with E-state index in [-0.39, 0.29) is 17.5 Å². The fourth-order valence-corrected chi connectivity index (χ4v) is 2.86. The third kappa shape index (κ3) is 3.39. The second-order valence-corrected chi connectivity index (χ2v) is 5.66. The van der Waals surface area contributed by atoms with Crippen LogP contribution >= 0.6 is 0 Å². The maximum Gasteiger partial charge on any atom is 0.230 e. The Kier molecular flexibility index (Phi) is 4.29. The molecule has 22 heavy (non-hydrogen) atoms. The van der Waals surface area contributed by atoms with Crippen molar-refractivity contribution < 1.29 is 13.6 Å². The number of benzene rings is 1. The van der Waals surface area contributed by atoms with Gasteiger partial charge in [-0.3, -0.25) is 9.69 Å². The minimum Gasteiger partial charge on any atom is -0.424 e. The number of nitrogens with zero attached hydrogens (tertiary/aromatic N) is 3. The predicted octanol–water partition coefficient (Wildman–Crippen LogP) is 2.61. The van der Waals surface area contributed by atoms with Crippen molar-refractivity contribution in [1.29, 1.82) is 0 Å². The molecule has 0 aliphatic carbocycles. The number of rotatable bonds is 4. The van der Waals surface area contributed by atoms with Crippen LogP contribution in [0.15, 0.2) is 28.7 Å². The van der Waals surface area contributed by atoms with E-state index in [4.69, 9.17) is 4.42 Å². The van der Waals surface area contributed by atoms with E-state index in [1.54, 1.807) is 19.1 Å². The Labute approximate surface area is 128 Å². The van der Waals surface area contributed by atoms with Gasteiger partial charge in [0, 0.05) is 24.9 Å². The van der Waals surface area contributed by atoms with E-state index in [0.29, 0.717) is 30.4 Å². The molecule has 0 saturated carbocycles. The van der Waals surface area contributed by atoms with Gasteiger partial charge in [-0.15, -0.1) is 10.2 Å². The van der Waals surface area contributed by atoms with Crippen LogP contribution in [0.5, 0.6) is 0 Å². The Morgan fingerprint density at radius 2 is 2.14 bits per heavy atom. The van der Waals surface area contributed by atoms with Crippen molar-refractivity contribution in [2.75, 3.05) is 13.1 Å². The van der Waals surface area contributed by atoms with Gasteiger partial charge in [-0.25, -0.2) is 4.39 Å². The van der Waals surface area contributed by atoms with E-state index in [9.17, 15) is 9.18 Å². The Balaban J connectivity index is 1.64. The van der Waals surface area contributed by atoms with Crippen molar-refractivity contribution in [2.45, 2.75) is 26.3 Å². The highest BCUT2D eigenvalue weighted by atomic mass is 19.1. The van der Waals surface area contributed by atoms with Crippen LogP contribution in [0.1, 0.15) is 35.0 Å². The number of carbonyl (C=O) groups excluding carboxylic acids is 1. The highest BCUT2D eigenvalue weighted by Crippen LogP contribution is 2.22. The average molecular weight is 303 g/mol. The summed E-state index contributed by atoms with van der Waals surface area (Å²) in [5, 5.41) is 7.81. The minimum absolute atomic E-state index is 0.0665. The van der Waals surface area contributed by atoms with E-state index >= 15 is 0 Å². The summed E-state index contributed by atoms with van der Waals surface area (Å²) >= 11 is 0. The van der Waals surface area contributed by atoms with Crippen LogP contribution in [0.25, 0.3) is 0 Å². The van der Waals surface area contributed by atoms with E-state index in [2.05, 4.69) is 15.1 Å². The lowest BCUT2D eigenvalue weighted by atomic mass is 9.90. The molecule has 1 aliphatic heterocycles. The van der Waals surface area contributed by atoms with Crippen LogP contribution in [0.4, 0.5) is 4.39 Å². The lowest BCUT2D eigenvalue weighted by molar-refractivity contribution is 0.0799. The molecule has 0 amide bonds. The molecule has 0 spiro atoms. The van der Waals surface area contributed by atoms with E-state index in [0.717, 1.165) is 19.4 Å².